The molecular formula is C24H30N3O6S2+. The number of nitrogens with one attached hydrogen (secondary N) is 1. The Morgan fingerprint density at radius 2 is 1.86 bits per heavy atom. The van der Waals surface area contributed by atoms with Crippen LogP contribution in [0.1, 0.15) is 16.7 Å². The number of carbonyl (C=O) groups excluding carboxylic acids is 2. The minimum Gasteiger partial charge on any atom is -0.467 e. The molecule has 0 unspecified atom stereocenters. The van der Waals surface area contributed by atoms with E-state index in [9.17, 15) is 18.0 Å². The molecular weight excluding hydrogens is 490 g/mol. The Morgan fingerprint density at radius 1 is 1.14 bits per heavy atom. The van der Waals surface area contributed by atoms with Gasteiger partial charge in [0.05, 0.1) is 31.3 Å². The van der Waals surface area contributed by atoms with Crippen molar-refractivity contribution in [3.63, 3.8) is 0 Å². The molecule has 35 heavy (non-hydrogen) atoms. The fraction of sp³-hybridized carbons (Fsp3) is 0.375. The molecule has 1 heterocycles. The summed E-state index contributed by atoms with van der Waals surface area (Å²) >= 11 is 0. The molecule has 1 atom stereocenters. The Hall–Kier alpha value is -3.05. The Bertz CT molecular complexity index is 1290. The average Bonchev–Trinajstić information content (AvgIpc) is 3.27. The van der Waals surface area contributed by atoms with Crippen molar-refractivity contribution in [1.82, 2.24) is 14.5 Å². The normalized spacial score (nSPS) is 12.5. The number of amides is 1. The van der Waals surface area contributed by atoms with Gasteiger partial charge >= 0.3 is 12.1 Å². The van der Waals surface area contributed by atoms with Gasteiger partial charge in [-0.25, -0.2) is 18.0 Å². The number of hydrogen-bond acceptors (Lipinski definition) is 7. The second-order valence-corrected chi connectivity index (χ2v) is 12.7. The van der Waals surface area contributed by atoms with E-state index in [-0.39, 0.29) is 29.7 Å². The summed E-state index contributed by atoms with van der Waals surface area (Å²) in [4.78, 5) is 24.7. The molecule has 0 spiro atoms. The summed E-state index contributed by atoms with van der Waals surface area (Å²) in [5.41, 5.74) is 2.86. The molecule has 0 saturated heterocycles. The third-order valence-corrected chi connectivity index (χ3v) is 8.06. The van der Waals surface area contributed by atoms with Gasteiger partial charge in [0.1, 0.15) is 24.2 Å². The second-order valence-electron chi connectivity index (χ2n) is 8.34. The van der Waals surface area contributed by atoms with Gasteiger partial charge in [-0.15, -0.1) is 0 Å². The first-order chi connectivity index (χ1) is 16.6. The number of esters is 1. The van der Waals surface area contributed by atoms with Crippen molar-refractivity contribution in [1.29, 1.82) is 0 Å². The number of hydrogen-bond donors (Lipinski definition) is 1. The first-order valence-corrected chi connectivity index (χ1v) is 14.7. The zero-order chi connectivity index (χ0) is 25.6. The third-order valence-electron chi connectivity index (χ3n) is 5.30. The average molecular weight is 521 g/mol. The molecule has 0 aliphatic carbocycles. The van der Waals surface area contributed by atoms with E-state index in [2.05, 4.69) is 10.4 Å². The maximum absolute atomic E-state index is 12.7. The molecule has 3 aromatic rings. The summed E-state index contributed by atoms with van der Waals surface area (Å²) in [6, 6.07) is 11.8. The Balaban J connectivity index is 1.76. The molecule has 0 radical (unpaired) electrons. The fourth-order valence-electron chi connectivity index (χ4n) is 3.47. The van der Waals surface area contributed by atoms with Crippen LogP contribution < -0.4 is 5.32 Å². The van der Waals surface area contributed by atoms with E-state index in [1.54, 1.807) is 6.07 Å². The predicted molar refractivity (Wildman–Crippen MR) is 137 cm³/mol. The SMILES string of the molecule is COC(=O)[C@@H](Cc1cc(C)c2nn(S(=O)(=O)CC[S+](C)C)cc2c1)NC(=O)OCc1ccccc1. The Labute approximate surface area is 208 Å². The number of alkyl carbamates (subject to hydrolysis) is 1. The molecule has 11 heteroatoms. The van der Waals surface area contributed by atoms with E-state index < -0.39 is 28.1 Å². The molecule has 0 aliphatic heterocycles. The summed E-state index contributed by atoms with van der Waals surface area (Å²) < 4.78 is 36.5. The van der Waals surface area contributed by atoms with Crippen molar-refractivity contribution in [3.05, 3.63) is 65.4 Å². The Morgan fingerprint density at radius 3 is 2.51 bits per heavy atom. The number of fused-ring (bicyclic) bond motifs is 1. The number of methoxy groups -OCH3 is 1. The molecule has 0 saturated carbocycles. The summed E-state index contributed by atoms with van der Waals surface area (Å²) in [6.45, 7) is 1.89. The zero-order valence-electron chi connectivity index (χ0n) is 20.2. The number of benzene rings is 2. The van der Waals surface area contributed by atoms with Crippen LogP contribution in [0.25, 0.3) is 10.9 Å². The van der Waals surface area contributed by atoms with Crippen molar-refractivity contribution in [2.24, 2.45) is 0 Å². The maximum atomic E-state index is 12.7. The summed E-state index contributed by atoms with van der Waals surface area (Å²) in [5, 5.41) is 7.47. The summed E-state index contributed by atoms with van der Waals surface area (Å²) in [6.07, 6.45) is 4.87. The molecule has 9 nitrogen and oxygen atoms in total. The minimum absolute atomic E-state index is 0.000457. The quantitative estimate of drug-likeness (QED) is 0.322. The molecule has 0 bridgehead atoms. The van der Waals surface area contributed by atoms with Gasteiger partial charge in [-0.3, -0.25) is 0 Å². The van der Waals surface area contributed by atoms with E-state index in [0.29, 0.717) is 16.7 Å². The molecule has 0 aliphatic rings. The summed E-state index contributed by atoms with van der Waals surface area (Å²) in [7, 11) is -2.32. The van der Waals surface area contributed by atoms with Crippen LogP contribution in [-0.4, -0.2) is 66.8 Å². The van der Waals surface area contributed by atoms with Crippen LogP contribution >= 0.6 is 0 Å². The minimum atomic E-state index is -3.57. The highest BCUT2D eigenvalue weighted by Gasteiger charge is 2.24. The van der Waals surface area contributed by atoms with Gasteiger partial charge in [0.15, 0.2) is 0 Å². The Kier molecular flexibility index (Phi) is 8.79. The number of aromatic nitrogens is 2. The third kappa shape index (κ3) is 7.22. The lowest BCUT2D eigenvalue weighted by Gasteiger charge is -2.17. The van der Waals surface area contributed by atoms with Crippen molar-refractivity contribution < 1.29 is 27.5 Å². The van der Waals surface area contributed by atoms with Gasteiger partial charge in [0.2, 0.25) is 0 Å². The molecule has 2 aromatic carbocycles. The largest absolute Gasteiger partial charge is 0.467 e. The monoisotopic (exact) mass is 520 g/mol. The van der Waals surface area contributed by atoms with Gasteiger partial charge in [-0.1, -0.05) is 36.4 Å². The van der Waals surface area contributed by atoms with Gasteiger partial charge in [-0.2, -0.15) is 9.19 Å². The highest BCUT2D eigenvalue weighted by Crippen LogP contribution is 2.21. The van der Waals surface area contributed by atoms with Gasteiger partial charge < -0.3 is 14.8 Å². The van der Waals surface area contributed by atoms with Crippen molar-refractivity contribution in [2.75, 3.05) is 31.1 Å². The van der Waals surface area contributed by atoms with Crippen LogP contribution in [-0.2, 0) is 48.2 Å². The van der Waals surface area contributed by atoms with Crippen LogP contribution in [0, 0.1) is 6.92 Å². The lowest BCUT2D eigenvalue weighted by atomic mass is 10.0. The topological polar surface area (TPSA) is 117 Å². The number of rotatable bonds is 10. The van der Waals surface area contributed by atoms with Gasteiger partial charge in [0, 0.05) is 11.8 Å². The predicted octanol–water partition coefficient (Wildman–Crippen LogP) is 2.41. The highest BCUT2D eigenvalue weighted by atomic mass is 32.2. The van der Waals surface area contributed by atoms with Gasteiger partial charge in [0.25, 0.3) is 10.0 Å². The number of nitrogens with zero attached hydrogens (tertiary/aromatic N) is 2. The van der Waals surface area contributed by atoms with E-state index in [0.717, 1.165) is 20.8 Å². The van der Waals surface area contributed by atoms with Crippen LogP contribution in [0.2, 0.25) is 0 Å². The summed E-state index contributed by atoms with van der Waals surface area (Å²) in [5.74, 6) is -0.0369. The molecule has 188 valence electrons. The number of aryl methyl sites for hydroxylation is 1. The van der Waals surface area contributed by atoms with Gasteiger partial charge in [-0.05, 0) is 40.6 Å². The van der Waals surface area contributed by atoms with Crippen LogP contribution in [0.4, 0.5) is 4.79 Å². The number of carbonyl (C=O) groups is 2. The van der Waals surface area contributed by atoms with Crippen molar-refractivity contribution in [3.8, 4) is 0 Å². The molecule has 1 aromatic heterocycles. The molecule has 1 N–H and O–H groups in total. The number of ether oxygens (including phenoxy) is 2. The fourth-order valence-corrected chi connectivity index (χ4v) is 6.31. The smallest absolute Gasteiger partial charge is 0.408 e. The first-order valence-electron chi connectivity index (χ1n) is 10.9. The second kappa shape index (κ2) is 11.6. The van der Waals surface area contributed by atoms with E-state index >= 15 is 0 Å². The molecule has 1 amide bonds. The van der Waals surface area contributed by atoms with Crippen molar-refractivity contribution >= 4 is 43.9 Å². The van der Waals surface area contributed by atoms with Crippen molar-refractivity contribution in [2.45, 2.75) is 26.0 Å². The standard InChI is InChI=1S/C24H29N3O6S2/c1-17-12-19(13-20-15-27(26-22(17)20)35(30,31)11-10-34(3)4)14-21(23(28)32-2)25-24(29)33-16-18-8-6-5-7-9-18/h5-9,12-13,15,21H,10-11,14,16H2,1-4H3/p+1/t21-/m1/s1. The lowest BCUT2D eigenvalue weighted by Crippen LogP contribution is -2.43. The maximum Gasteiger partial charge on any atom is 0.408 e. The zero-order valence-corrected chi connectivity index (χ0v) is 21.8. The van der Waals surface area contributed by atoms with Crippen LogP contribution in [0.15, 0.2) is 48.7 Å². The van der Waals surface area contributed by atoms with Crippen LogP contribution in [0.5, 0.6) is 0 Å². The first kappa shape index (κ1) is 26.6. The van der Waals surface area contributed by atoms with Crippen LogP contribution in [0.3, 0.4) is 0 Å². The van der Waals surface area contributed by atoms with E-state index in [1.165, 1.54) is 13.3 Å². The van der Waals surface area contributed by atoms with E-state index in [4.69, 9.17) is 9.47 Å². The highest BCUT2D eigenvalue weighted by molar-refractivity contribution is 7.97. The molecule has 0 fully saturated rings. The van der Waals surface area contributed by atoms with E-state index in [1.807, 2.05) is 55.8 Å². The molecule has 3 rings (SSSR count). The lowest BCUT2D eigenvalue weighted by molar-refractivity contribution is -0.143.